The molecule has 0 saturated heterocycles. The van der Waals surface area contributed by atoms with E-state index in [1.54, 1.807) is 11.9 Å². The van der Waals surface area contributed by atoms with E-state index in [9.17, 15) is 4.79 Å². The van der Waals surface area contributed by atoms with Crippen LogP contribution in [0.3, 0.4) is 0 Å². The highest BCUT2D eigenvalue weighted by molar-refractivity contribution is 14.0. The SMILES string of the molecule is CN(Cc1ccc(CNC2=NCCCN2)cc1)C(=O)OC(C)(C)C.I. The molecule has 0 aliphatic carbocycles. The molecule has 140 valence electrons. The molecule has 7 heteroatoms. The van der Waals surface area contributed by atoms with Crippen molar-refractivity contribution in [1.82, 2.24) is 15.5 Å². The smallest absolute Gasteiger partial charge is 0.410 e. The summed E-state index contributed by atoms with van der Waals surface area (Å²) in [5.41, 5.74) is 1.77. The monoisotopic (exact) mass is 460 g/mol. The molecule has 2 rings (SSSR count). The molecule has 1 aliphatic rings. The van der Waals surface area contributed by atoms with E-state index in [4.69, 9.17) is 4.74 Å². The number of guanidine groups is 1. The number of carbonyl (C=O) groups excluding carboxylic acids is 1. The minimum absolute atomic E-state index is 0. The zero-order valence-corrected chi connectivity index (χ0v) is 17.8. The zero-order chi connectivity index (χ0) is 17.6. The van der Waals surface area contributed by atoms with Gasteiger partial charge in [0.15, 0.2) is 5.96 Å². The van der Waals surface area contributed by atoms with Gasteiger partial charge in [0.25, 0.3) is 0 Å². The first kappa shape index (κ1) is 21.5. The number of nitrogens with zero attached hydrogens (tertiary/aromatic N) is 2. The summed E-state index contributed by atoms with van der Waals surface area (Å²) in [6, 6.07) is 8.20. The van der Waals surface area contributed by atoms with Crippen molar-refractivity contribution in [2.24, 2.45) is 4.99 Å². The van der Waals surface area contributed by atoms with E-state index in [0.717, 1.165) is 37.6 Å². The van der Waals surface area contributed by atoms with Gasteiger partial charge in [-0.05, 0) is 38.3 Å². The van der Waals surface area contributed by atoms with Crippen LogP contribution in [0.1, 0.15) is 38.3 Å². The maximum atomic E-state index is 12.0. The number of hydrogen-bond acceptors (Lipinski definition) is 5. The van der Waals surface area contributed by atoms with Gasteiger partial charge in [-0.1, -0.05) is 24.3 Å². The molecule has 0 atom stereocenters. The summed E-state index contributed by atoms with van der Waals surface area (Å²) in [6.45, 7) is 8.71. The average molecular weight is 460 g/mol. The maximum Gasteiger partial charge on any atom is 0.410 e. The molecule has 0 fully saturated rings. The Labute approximate surface area is 167 Å². The van der Waals surface area contributed by atoms with Gasteiger partial charge in [-0.2, -0.15) is 0 Å². The molecule has 0 spiro atoms. The van der Waals surface area contributed by atoms with E-state index < -0.39 is 5.60 Å². The quantitative estimate of drug-likeness (QED) is 0.678. The second-order valence-electron chi connectivity index (χ2n) is 7.02. The number of hydrogen-bond donors (Lipinski definition) is 2. The zero-order valence-electron chi connectivity index (χ0n) is 15.5. The summed E-state index contributed by atoms with van der Waals surface area (Å²) < 4.78 is 5.36. The second kappa shape index (κ2) is 9.84. The van der Waals surface area contributed by atoms with Gasteiger partial charge in [-0.25, -0.2) is 4.79 Å². The third-order valence-electron chi connectivity index (χ3n) is 3.51. The van der Waals surface area contributed by atoms with Crippen LogP contribution in [0.2, 0.25) is 0 Å². The number of rotatable bonds is 4. The first-order valence-electron chi connectivity index (χ1n) is 8.37. The fourth-order valence-corrected chi connectivity index (χ4v) is 2.28. The van der Waals surface area contributed by atoms with Crippen LogP contribution in [0, 0.1) is 0 Å². The van der Waals surface area contributed by atoms with E-state index in [1.165, 1.54) is 5.56 Å². The number of halogens is 1. The third kappa shape index (κ3) is 7.94. The van der Waals surface area contributed by atoms with E-state index in [-0.39, 0.29) is 30.1 Å². The molecule has 1 aromatic carbocycles. The molecule has 6 nitrogen and oxygen atoms in total. The van der Waals surface area contributed by atoms with Crippen LogP contribution in [0.4, 0.5) is 4.79 Å². The highest BCUT2D eigenvalue weighted by Crippen LogP contribution is 2.12. The lowest BCUT2D eigenvalue weighted by Gasteiger charge is -2.24. The van der Waals surface area contributed by atoms with Crippen molar-refractivity contribution in [3.63, 3.8) is 0 Å². The van der Waals surface area contributed by atoms with Crippen molar-refractivity contribution in [1.29, 1.82) is 0 Å². The maximum absolute atomic E-state index is 12.0. The highest BCUT2D eigenvalue weighted by atomic mass is 127. The summed E-state index contributed by atoms with van der Waals surface area (Å²) in [7, 11) is 1.75. The van der Waals surface area contributed by atoms with Crippen molar-refractivity contribution >= 4 is 36.0 Å². The number of nitrogens with one attached hydrogen (secondary N) is 2. The molecule has 0 saturated carbocycles. The van der Waals surface area contributed by atoms with Crippen LogP contribution in [0.15, 0.2) is 29.3 Å². The summed E-state index contributed by atoms with van der Waals surface area (Å²) in [5.74, 6) is 0.870. The summed E-state index contributed by atoms with van der Waals surface area (Å²) in [6.07, 6.45) is 0.778. The van der Waals surface area contributed by atoms with Gasteiger partial charge in [0.05, 0.1) is 0 Å². The number of amides is 1. The first-order valence-corrected chi connectivity index (χ1v) is 8.37. The van der Waals surface area contributed by atoms with Gasteiger partial charge in [-0.3, -0.25) is 4.99 Å². The topological polar surface area (TPSA) is 66.0 Å². The van der Waals surface area contributed by atoms with Gasteiger partial charge in [0.2, 0.25) is 0 Å². The molecule has 1 aromatic rings. The van der Waals surface area contributed by atoms with Gasteiger partial charge in [0.1, 0.15) is 5.60 Å². The van der Waals surface area contributed by atoms with Crippen molar-refractivity contribution in [3.8, 4) is 0 Å². The Balaban J connectivity index is 0.00000312. The lowest BCUT2D eigenvalue weighted by Crippen LogP contribution is -2.40. The Hall–Kier alpha value is -1.51. The van der Waals surface area contributed by atoms with Crippen molar-refractivity contribution in [3.05, 3.63) is 35.4 Å². The Bertz CT molecular complexity index is 582. The second-order valence-corrected chi connectivity index (χ2v) is 7.02. The molecule has 1 heterocycles. The van der Waals surface area contributed by atoms with Crippen LogP contribution in [0.5, 0.6) is 0 Å². The number of carbonyl (C=O) groups is 1. The van der Waals surface area contributed by atoms with Gasteiger partial charge >= 0.3 is 6.09 Å². The van der Waals surface area contributed by atoms with E-state index >= 15 is 0 Å². The van der Waals surface area contributed by atoms with Crippen LogP contribution < -0.4 is 10.6 Å². The summed E-state index contributed by atoms with van der Waals surface area (Å²) >= 11 is 0. The Morgan fingerprint density at radius 3 is 2.48 bits per heavy atom. The van der Waals surface area contributed by atoms with Gasteiger partial charge < -0.3 is 20.3 Å². The van der Waals surface area contributed by atoms with Crippen molar-refractivity contribution in [2.45, 2.75) is 45.9 Å². The fourth-order valence-electron chi connectivity index (χ4n) is 2.28. The first-order chi connectivity index (χ1) is 11.3. The van der Waals surface area contributed by atoms with Crippen molar-refractivity contribution < 1.29 is 9.53 Å². The van der Waals surface area contributed by atoms with Crippen LogP contribution in [-0.4, -0.2) is 42.7 Å². The summed E-state index contributed by atoms with van der Waals surface area (Å²) in [4.78, 5) is 17.9. The van der Waals surface area contributed by atoms with Crippen LogP contribution in [0.25, 0.3) is 0 Å². The Morgan fingerprint density at radius 2 is 1.92 bits per heavy atom. The molecule has 1 amide bonds. The fraction of sp³-hybridized carbons (Fsp3) is 0.556. The lowest BCUT2D eigenvalue weighted by molar-refractivity contribution is 0.0285. The minimum atomic E-state index is -0.475. The average Bonchev–Trinajstić information content (AvgIpc) is 2.53. The lowest BCUT2D eigenvalue weighted by atomic mass is 10.1. The third-order valence-corrected chi connectivity index (χ3v) is 3.51. The van der Waals surface area contributed by atoms with E-state index in [0.29, 0.717) is 6.54 Å². The normalized spacial score (nSPS) is 13.8. The standard InChI is InChI=1S/C18H28N4O2.HI/c1-18(2,3)24-17(23)22(4)13-15-8-6-14(7-9-15)12-21-16-19-10-5-11-20-16;/h6-9H,5,10-13H2,1-4H3,(H2,19,20,21);1H. The molecular weight excluding hydrogens is 431 g/mol. The molecule has 2 N–H and O–H groups in total. The van der Waals surface area contributed by atoms with E-state index in [1.807, 2.05) is 32.9 Å². The van der Waals surface area contributed by atoms with Crippen molar-refractivity contribution in [2.75, 3.05) is 20.1 Å². The summed E-state index contributed by atoms with van der Waals surface area (Å²) in [5, 5.41) is 6.54. The molecular formula is C18H29IN4O2. The minimum Gasteiger partial charge on any atom is -0.444 e. The largest absolute Gasteiger partial charge is 0.444 e. The van der Waals surface area contributed by atoms with Gasteiger partial charge in [-0.15, -0.1) is 24.0 Å². The Morgan fingerprint density at radius 1 is 1.28 bits per heavy atom. The molecule has 0 radical (unpaired) electrons. The molecule has 0 unspecified atom stereocenters. The number of benzene rings is 1. The van der Waals surface area contributed by atoms with Crippen LogP contribution >= 0.6 is 24.0 Å². The highest BCUT2D eigenvalue weighted by Gasteiger charge is 2.19. The number of aliphatic imine (C=N–C) groups is 1. The number of ether oxygens (including phenoxy) is 1. The van der Waals surface area contributed by atoms with Crippen LogP contribution in [-0.2, 0) is 17.8 Å². The molecule has 1 aliphatic heterocycles. The van der Waals surface area contributed by atoms with E-state index in [2.05, 4.69) is 27.8 Å². The predicted octanol–water partition coefficient (Wildman–Crippen LogP) is 3.11. The predicted molar refractivity (Wildman–Crippen MR) is 111 cm³/mol. The molecule has 0 aromatic heterocycles. The molecule has 0 bridgehead atoms. The Kier molecular flexibility index (Phi) is 8.47. The van der Waals surface area contributed by atoms with Gasteiger partial charge in [0, 0.05) is 33.2 Å². The molecule has 25 heavy (non-hydrogen) atoms.